The molecule has 0 spiro atoms. The van der Waals surface area contributed by atoms with Crippen molar-refractivity contribution in [1.82, 2.24) is 10.2 Å². The first-order valence-electron chi connectivity index (χ1n) is 10.4. The molecule has 31 heavy (non-hydrogen) atoms. The molecule has 1 aromatic rings. The van der Waals surface area contributed by atoms with Gasteiger partial charge in [0.15, 0.2) is 0 Å². The zero-order chi connectivity index (χ0) is 22.6. The number of aliphatic carboxylic acids is 1. The number of phenols is 1. The van der Waals surface area contributed by atoms with E-state index in [0.29, 0.717) is 35.2 Å². The van der Waals surface area contributed by atoms with Crippen LogP contribution in [0.3, 0.4) is 0 Å². The molecular formula is C22H28N2O5S2. The van der Waals surface area contributed by atoms with Crippen LogP contribution < -0.4 is 5.32 Å². The van der Waals surface area contributed by atoms with Gasteiger partial charge in [0.25, 0.3) is 5.91 Å². The number of carbonyl (C=O) groups is 3. The maximum Gasteiger partial charge on any atom is 0.303 e. The Morgan fingerprint density at radius 1 is 1.03 bits per heavy atom. The van der Waals surface area contributed by atoms with Crippen LogP contribution in [-0.2, 0) is 14.4 Å². The monoisotopic (exact) mass is 464 g/mol. The Morgan fingerprint density at radius 3 is 2.42 bits per heavy atom. The van der Waals surface area contributed by atoms with Crippen molar-refractivity contribution in [2.75, 3.05) is 13.1 Å². The molecule has 0 unspecified atom stereocenters. The highest BCUT2D eigenvalue weighted by atomic mass is 32.2. The number of hydrogen-bond donors (Lipinski definition) is 3. The van der Waals surface area contributed by atoms with Crippen LogP contribution in [0.5, 0.6) is 5.75 Å². The SMILES string of the molecule is O=C(O)CCCCCNC(=O)CCCCCN1C(=O)/C(=C/c2ccc(O)cc2)SC1=S. The predicted octanol–water partition coefficient (Wildman–Crippen LogP) is 3.92. The molecule has 0 aromatic heterocycles. The molecule has 1 aliphatic rings. The van der Waals surface area contributed by atoms with Crippen molar-refractivity contribution >= 4 is 52.2 Å². The van der Waals surface area contributed by atoms with Crippen LogP contribution in [0.15, 0.2) is 29.2 Å². The lowest BCUT2D eigenvalue weighted by atomic mass is 10.1. The second-order valence-electron chi connectivity index (χ2n) is 7.29. The molecule has 3 N–H and O–H groups in total. The first-order chi connectivity index (χ1) is 14.9. The van der Waals surface area contributed by atoms with Gasteiger partial charge in [0.2, 0.25) is 5.91 Å². The molecule has 1 aromatic carbocycles. The second kappa shape index (κ2) is 13.1. The molecule has 1 heterocycles. The quantitative estimate of drug-likeness (QED) is 0.231. The molecule has 168 valence electrons. The van der Waals surface area contributed by atoms with Crippen molar-refractivity contribution in [3.8, 4) is 5.75 Å². The molecule has 1 fully saturated rings. The van der Waals surface area contributed by atoms with Gasteiger partial charge in [-0.3, -0.25) is 19.3 Å². The number of benzene rings is 1. The number of carboxylic acids is 1. The topological polar surface area (TPSA) is 107 Å². The average molecular weight is 465 g/mol. The van der Waals surface area contributed by atoms with Gasteiger partial charge in [0, 0.05) is 25.9 Å². The summed E-state index contributed by atoms with van der Waals surface area (Å²) in [7, 11) is 0. The molecule has 0 aliphatic carbocycles. The Morgan fingerprint density at radius 2 is 1.71 bits per heavy atom. The van der Waals surface area contributed by atoms with Crippen molar-refractivity contribution in [2.24, 2.45) is 0 Å². The predicted molar refractivity (Wildman–Crippen MR) is 126 cm³/mol. The number of rotatable bonds is 13. The van der Waals surface area contributed by atoms with Crippen LogP contribution in [0.25, 0.3) is 6.08 Å². The lowest BCUT2D eigenvalue weighted by Gasteiger charge is -2.14. The number of hydrogen-bond acceptors (Lipinski definition) is 6. The number of amides is 2. The van der Waals surface area contributed by atoms with E-state index >= 15 is 0 Å². The second-order valence-corrected chi connectivity index (χ2v) is 8.97. The minimum atomic E-state index is -0.788. The van der Waals surface area contributed by atoms with Gasteiger partial charge < -0.3 is 15.5 Å². The summed E-state index contributed by atoms with van der Waals surface area (Å²) in [4.78, 5) is 37.0. The normalized spacial score (nSPS) is 15.0. The van der Waals surface area contributed by atoms with Gasteiger partial charge in [-0.2, -0.15) is 0 Å². The Kier molecular flexibility index (Phi) is 10.5. The third kappa shape index (κ3) is 9.10. The van der Waals surface area contributed by atoms with Crippen molar-refractivity contribution in [3.63, 3.8) is 0 Å². The Hall–Kier alpha value is -2.39. The minimum Gasteiger partial charge on any atom is -0.508 e. The number of unbranched alkanes of at least 4 members (excludes halogenated alkanes) is 4. The fourth-order valence-electron chi connectivity index (χ4n) is 3.04. The molecule has 1 saturated heterocycles. The van der Waals surface area contributed by atoms with Crippen molar-refractivity contribution in [2.45, 2.75) is 51.4 Å². The first-order valence-corrected chi connectivity index (χ1v) is 11.6. The minimum absolute atomic E-state index is 0.000627. The number of aromatic hydroxyl groups is 1. The van der Waals surface area contributed by atoms with E-state index in [1.807, 2.05) is 0 Å². The highest BCUT2D eigenvalue weighted by Crippen LogP contribution is 2.33. The van der Waals surface area contributed by atoms with E-state index in [9.17, 15) is 19.5 Å². The lowest BCUT2D eigenvalue weighted by molar-refractivity contribution is -0.137. The molecule has 7 nitrogen and oxygen atoms in total. The van der Waals surface area contributed by atoms with Crippen LogP contribution in [0.1, 0.15) is 56.9 Å². The molecule has 2 rings (SSSR count). The van der Waals surface area contributed by atoms with E-state index in [0.717, 1.165) is 37.7 Å². The highest BCUT2D eigenvalue weighted by Gasteiger charge is 2.31. The summed E-state index contributed by atoms with van der Waals surface area (Å²) in [6.45, 7) is 1.10. The summed E-state index contributed by atoms with van der Waals surface area (Å²) in [6, 6.07) is 6.62. The van der Waals surface area contributed by atoms with Gasteiger partial charge in [-0.25, -0.2) is 0 Å². The van der Waals surface area contributed by atoms with Gasteiger partial charge in [-0.15, -0.1) is 0 Å². The smallest absolute Gasteiger partial charge is 0.303 e. The summed E-state index contributed by atoms with van der Waals surface area (Å²) in [5.41, 5.74) is 0.825. The fraction of sp³-hybridized carbons (Fsp3) is 0.455. The van der Waals surface area contributed by atoms with Crippen LogP contribution >= 0.6 is 24.0 Å². The zero-order valence-corrected chi connectivity index (χ0v) is 19.0. The fourth-order valence-corrected chi connectivity index (χ4v) is 4.35. The van der Waals surface area contributed by atoms with E-state index in [2.05, 4.69) is 5.32 Å². The number of thiocarbonyl (C=S) groups is 1. The van der Waals surface area contributed by atoms with E-state index < -0.39 is 5.97 Å². The summed E-state index contributed by atoms with van der Waals surface area (Å²) in [5.74, 6) is -0.720. The van der Waals surface area contributed by atoms with Gasteiger partial charge in [-0.05, 0) is 49.5 Å². The Balaban J connectivity index is 1.61. The summed E-state index contributed by atoms with van der Waals surface area (Å²) in [6.07, 6.45) is 6.90. The summed E-state index contributed by atoms with van der Waals surface area (Å²) in [5, 5.41) is 20.8. The molecule has 1 aliphatic heterocycles. The molecule has 9 heteroatoms. The van der Waals surface area contributed by atoms with Crippen LogP contribution in [0.4, 0.5) is 0 Å². The average Bonchev–Trinajstić information content (AvgIpc) is 2.99. The third-order valence-electron chi connectivity index (χ3n) is 4.74. The maximum atomic E-state index is 12.6. The number of carboxylic acid groups (broad SMARTS) is 1. The maximum absolute atomic E-state index is 12.6. The molecule has 0 atom stereocenters. The van der Waals surface area contributed by atoms with Gasteiger partial charge >= 0.3 is 5.97 Å². The molecular weight excluding hydrogens is 436 g/mol. The number of thioether (sulfide) groups is 1. The third-order valence-corrected chi connectivity index (χ3v) is 6.12. The number of carbonyl (C=O) groups excluding carboxylic acids is 2. The van der Waals surface area contributed by atoms with Crippen LogP contribution in [0, 0.1) is 0 Å². The van der Waals surface area contributed by atoms with E-state index in [-0.39, 0.29) is 24.0 Å². The van der Waals surface area contributed by atoms with Crippen LogP contribution in [-0.4, -0.2) is 50.3 Å². The molecule has 0 saturated carbocycles. The number of nitrogens with zero attached hydrogens (tertiary/aromatic N) is 1. The van der Waals surface area contributed by atoms with Gasteiger partial charge in [0.05, 0.1) is 4.91 Å². The summed E-state index contributed by atoms with van der Waals surface area (Å²) >= 11 is 6.61. The van der Waals surface area contributed by atoms with E-state index in [4.69, 9.17) is 17.3 Å². The first kappa shape index (κ1) is 24.9. The van der Waals surface area contributed by atoms with E-state index in [1.54, 1.807) is 35.2 Å². The van der Waals surface area contributed by atoms with Crippen molar-refractivity contribution in [3.05, 3.63) is 34.7 Å². The Bertz CT molecular complexity index is 824. The summed E-state index contributed by atoms with van der Waals surface area (Å²) < 4.78 is 0.538. The largest absolute Gasteiger partial charge is 0.508 e. The van der Waals surface area contributed by atoms with Crippen LogP contribution in [0.2, 0.25) is 0 Å². The van der Waals surface area contributed by atoms with Crippen molar-refractivity contribution < 1.29 is 24.6 Å². The van der Waals surface area contributed by atoms with Crippen molar-refractivity contribution in [1.29, 1.82) is 0 Å². The molecule has 0 radical (unpaired) electrons. The number of phenolic OH excluding ortho intramolecular Hbond substituents is 1. The lowest BCUT2D eigenvalue weighted by Crippen LogP contribution is -2.29. The zero-order valence-electron chi connectivity index (χ0n) is 17.3. The number of nitrogens with one attached hydrogen (secondary N) is 1. The molecule has 2 amide bonds. The Labute approximate surface area is 191 Å². The standard InChI is InChI=1S/C22H28N2O5S2/c25-17-11-9-16(10-12-17)15-18-21(29)24(22(30)31-18)14-6-2-3-7-19(26)23-13-5-1-4-8-20(27)28/h9-12,15,25H,1-8,13-14H2,(H,23,26)(H,27,28)/b18-15-. The van der Waals surface area contributed by atoms with Gasteiger partial charge in [-0.1, -0.05) is 49.0 Å². The molecule has 0 bridgehead atoms. The van der Waals surface area contributed by atoms with E-state index in [1.165, 1.54) is 11.8 Å². The highest BCUT2D eigenvalue weighted by molar-refractivity contribution is 8.26. The van der Waals surface area contributed by atoms with Gasteiger partial charge in [0.1, 0.15) is 10.1 Å².